The first kappa shape index (κ1) is 33.2. The van der Waals surface area contributed by atoms with Gasteiger partial charge in [-0.1, -0.05) is 13.0 Å². The van der Waals surface area contributed by atoms with E-state index in [4.69, 9.17) is 4.74 Å². The Morgan fingerprint density at radius 2 is 1.75 bits per heavy atom. The van der Waals surface area contributed by atoms with E-state index in [2.05, 4.69) is 29.0 Å². The van der Waals surface area contributed by atoms with Gasteiger partial charge in [-0.15, -0.1) is 0 Å². The Kier molecular flexibility index (Phi) is 9.81. The zero-order chi connectivity index (χ0) is 33.9. The topological polar surface area (TPSA) is 122 Å². The number of nitrogens with zero attached hydrogens (tertiary/aromatic N) is 4. The van der Waals surface area contributed by atoms with Gasteiger partial charge in [0.25, 0.3) is 5.56 Å². The number of aromatic nitrogens is 3. The summed E-state index contributed by atoms with van der Waals surface area (Å²) in [6.07, 6.45) is 5.92. The van der Waals surface area contributed by atoms with Crippen molar-refractivity contribution in [1.29, 1.82) is 0 Å². The molecule has 4 aromatic rings. The van der Waals surface area contributed by atoms with Crippen molar-refractivity contribution < 1.29 is 13.9 Å². The van der Waals surface area contributed by atoms with E-state index >= 15 is 4.39 Å². The molecule has 2 aliphatic rings. The Bertz CT molecular complexity index is 2010. The summed E-state index contributed by atoms with van der Waals surface area (Å²) < 4.78 is 24.1. The summed E-state index contributed by atoms with van der Waals surface area (Å²) in [5, 5.41) is 3.46. The number of benzene rings is 2. The van der Waals surface area contributed by atoms with Crippen molar-refractivity contribution in [2.75, 3.05) is 49.5 Å². The molecule has 3 heterocycles. The molecule has 0 amide bonds. The van der Waals surface area contributed by atoms with E-state index in [0.29, 0.717) is 36.7 Å². The Morgan fingerprint density at radius 1 is 1.00 bits per heavy atom. The predicted octanol–water partition coefficient (Wildman–Crippen LogP) is 4.72. The molecule has 1 aliphatic heterocycles. The van der Waals surface area contributed by atoms with Gasteiger partial charge in [0.15, 0.2) is 0 Å². The van der Waals surface area contributed by atoms with Crippen molar-refractivity contribution in [2.24, 2.45) is 0 Å². The summed E-state index contributed by atoms with van der Waals surface area (Å²) >= 11 is 0. The fourth-order valence-corrected chi connectivity index (χ4v) is 6.55. The molecule has 12 heteroatoms. The number of anilines is 3. The molecule has 11 nitrogen and oxygen atoms in total. The predicted molar refractivity (Wildman–Crippen MR) is 185 cm³/mol. The van der Waals surface area contributed by atoms with E-state index in [9.17, 15) is 19.2 Å². The fraction of sp³-hybridized carbons (Fsp3) is 0.444. The van der Waals surface area contributed by atoms with Crippen molar-refractivity contribution >= 4 is 34.1 Å². The number of esters is 1. The Hall–Kier alpha value is -4.71. The molecule has 1 saturated carbocycles. The van der Waals surface area contributed by atoms with Gasteiger partial charge in [0.05, 0.1) is 17.8 Å². The number of aryl methyl sites for hydroxylation is 2. The first-order valence-corrected chi connectivity index (χ1v) is 16.9. The summed E-state index contributed by atoms with van der Waals surface area (Å²) in [4.78, 5) is 57.2. The van der Waals surface area contributed by atoms with Crippen LogP contribution in [0, 0.1) is 12.7 Å². The van der Waals surface area contributed by atoms with Gasteiger partial charge in [-0.25, -0.2) is 14.0 Å². The van der Waals surface area contributed by atoms with Crippen LogP contribution in [0.1, 0.15) is 67.1 Å². The van der Waals surface area contributed by atoms with Crippen LogP contribution in [0.15, 0.2) is 57.0 Å². The largest absolute Gasteiger partial charge is 0.462 e. The molecule has 0 atom stereocenters. The molecule has 48 heavy (non-hydrogen) atoms. The lowest BCUT2D eigenvalue weighted by atomic mass is 10.1. The van der Waals surface area contributed by atoms with Crippen molar-refractivity contribution in [3.63, 3.8) is 0 Å². The number of carbonyl (C=O) groups is 1. The molecule has 0 spiro atoms. The van der Waals surface area contributed by atoms with Crippen molar-refractivity contribution in [1.82, 2.24) is 19.0 Å². The summed E-state index contributed by atoms with van der Waals surface area (Å²) in [5.41, 5.74) is 2.85. The number of hydrogen-bond acceptors (Lipinski definition) is 8. The van der Waals surface area contributed by atoms with Gasteiger partial charge in [0, 0.05) is 62.1 Å². The number of unbranched alkanes of at least 4 members (excludes halogenated alkanes) is 1. The molecule has 1 saturated heterocycles. The van der Waals surface area contributed by atoms with E-state index < -0.39 is 28.5 Å². The molecule has 0 bridgehead atoms. The Balaban J connectivity index is 1.08. The number of halogens is 1. The number of fused-ring (bicyclic) bond motifs is 1. The van der Waals surface area contributed by atoms with Gasteiger partial charge in [-0.05, 0) is 87.9 Å². The van der Waals surface area contributed by atoms with Crippen LogP contribution in [0.5, 0.6) is 0 Å². The van der Waals surface area contributed by atoms with E-state index in [0.717, 1.165) is 57.4 Å². The lowest BCUT2D eigenvalue weighted by Gasteiger charge is -2.36. The summed E-state index contributed by atoms with van der Waals surface area (Å²) in [5.74, 6) is -0.705. The minimum atomic E-state index is -0.685. The number of rotatable bonds is 12. The van der Waals surface area contributed by atoms with Crippen LogP contribution in [0.3, 0.4) is 0 Å². The highest BCUT2D eigenvalue weighted by atomic mass is 19.1. The van der Waals surface area contributed by atoms with Crippen LogP contribution in [-0.4, -0.2) is 64.3 Å². The summed E-state index contributed by atoms with van der Waals surface area (Å²) in [6, 6.07) is 10.6. The van der Waals surface area contributed by atoms with Crippen LogP contribution < -0.4 is 26.9 Å². The molecule has 2 N–H and O–H groups in total. The first-order valence-electron chi connectivity index (χ1n) is 16.9. The molecular weight excluding hydrogens is 615 g/mol. The number of carbonyl (C=O) groups excluding carboxylic acids is 1. The molecule has 2 aromatic carbocycles. The first-order chi connectivity index (χ1) is 23.2. The number of aromatic amines is 1. The maximum Gasteiger partial charge on any atom is 0.343 e. The van der Waals surface area contributed by atoms with Crippen LogP contribution in [-0.2, 0) is 17.7 Å². The van der Waals surface area contributed by atoms with Gasteiger partial charge >= 0.3 is 11.7 Å². The normalized spacial score (nSPS) is 15.2. The monoisotopic (exact) mass is 658 g/mol. The Labute approximate surface area is 277 Å². The second kappa shape index (κ2) is 14.2. The zero-order valence-electron chi connectivity index (χ0n) is 27.8. The number of ether oxygens (including phenoxy) is 1. The van der Waals surface area contributed by atoms with E-state index in [1.807, 2.05) is 27.7 Å². The minimum Gasteiger partial charge on any atom is -0.462 e. The quantitative estimate of drug-likeness (QED) is 0.166. The smallest absolute Gasteiger partial charge is 0.343 e. The van der Waals surface area contributed by atoms with Crippen molar-refractivity contribution in [3.05, 3.63) is 96.2 Å². The van der Waals surface area contributed by atoms with Crippen molar-refractivity contribution in [3.8, 4) is 0 Å². The second-order valence-electron chi connectivity index (χ2n) is 12.7. The number of pyridine rings is 1. The third-order valence-electron chi connectivity index (χ3n) is 9.39. The summed E-state index contributed by atoms with van der Waals surface area (Å²) in [7, 11) is 0. The average molecular weight is 659 g/mol. The van der Waals surface area contributed by atoms with Gasteiger partial charge in [-0.3, -0.25) is 24.0 Å². The molecule has 0 unspecified atom stereocenters. The molecule has 2 fully saturated rings. The van der Waals surface area contributed by atoms with Crippen LogP contribution in [0.25, 0.3) is 10.9 Å². The van der Waals surface area contributed by atoms with Crippen LogP contribution >= 0.6 is 0 Å². The van der Waals surface area contributed by atoms with Crippen molar-refractivity contribution in [2.45, 2.75) is 65.5 Å². The van der Waals surface area contributed by atoms with E-state index in [1.165, 1.54) is 23.3 Å². The fourth-order valence-electron chi connectivity index (χ4n) is 6.55. The number of hydrogen-bond donors (Lipinski definition) is 2. The number of H-pyrrole nitrogens is 1. The lowest BCUT2D eigenvalue weighted by molar-refractivity contribution is 0.0524. The highest BCUT2D eigenvalue weighted by Crippen LogP contribution is 2.38. The maximum atomic E-state index is 15.5. The lowest BCUT2D eigenvalue weighted by Crippen LogP contribution is -2.47. The third-order valence-corrected chi connectivity index (χ3v) is 9.39. The van der Waals surface area contributed by atoms with Gasteiger partial charge in [0.2, 0.25) is 5.43 Å². The van der Waals surface area contributed by atoms with Gasteiger partial charge in [-0.2, -0.15) is 0 Å². The van der Waals surface area contributed by atoms with Crippen LogP contribution in [0.2, 0.25) is 0 Å². The molecule has 1 aliphatic carbocycles. The second-order valence-corrected chi connectivity index (χ2v) is 12.7. The molecule has 6 rings (SSSR count). The number of piperazine rings is 1. The zero-order valence-corrected chi connectivity index (χ0v) is 27.8. The number of nitrogens with one attached hydrogen (secondary N) is 2. The average Bonchev–Trinajstić information content (AvgIpc) is 3.91. The maximum absolute atomic E-state index is 15.5. The van der Waals surface area contributed by atoms with Crippen LogP contribution in [0.4, 0.5) is 21.6 Å². The standard InChI is InChI=1S/C36H43FN6O5/c1-4-24-18-25(9-8-23(24)3)38-32-21-33(44)39-36(47)42(32)13-7-6-12-40-14-16-41(17-15-40)31-20-30-27(19-29(31)37)34(45)28(35(46)48-5-2)22-43(30)26-10-11-26/h8-9,18-22,26,38H,4-7,10-17H2,1-3H3,(H,39,44,47). The highest BCUT2D eigenvalue weighted by Gasteiger charge is 2.29. The minimum absolute atomic E-state index is 0.0632. The van der Waals surface area contributed by atoms with E-state index in [-0.39, 0.29) is 23.6 Å². The highest BCUT2D eigenvalue weighted by molar-refractivity contribution is 5.94. The van der Waals surface area contributed by atoms with E-state index in [1.54, 1.807) is 23.8 Å². The van der Waals surface area contributed by atoms with Gasteiger partial charge in [0.1, 0.15) is 17.2 Å². The molecule has 254 valence electrons. The molecular formula is C36H43FN6O5. The molecule has 0 radical (unpaired) electrons. The third kappa shape index (κ3) is 7.08. The summed E-state index contributed by atoms with van der Waals surface area (Å²) in [6.45, 7) is 10.0. The Morgan fingerprint density at radius 3 is 2.46 bits per heavy atom. The van der Waals surface area contributed by atoms with Gasteiger partial charge < -0.3 is 19.5 Å². The SMILES string of the molecule is CCOC(=O)c1cn(C2CC2)c2cc(N3CCN(CCCCn4c(Nc5ccc(C)c(CC)c5)cc(=O)[nH]c4=O)CC3)c(F)cc2c1=O. The molecule has 2 aromatic heterocycles.